The molecule has 0 aliphatic rings. The van der Waals surface area contributed by atoms with Gasteiger partial charge >= 0.3 is 0 Å². The molecule has 1 rings (SSSR count). The lowest BCUT2D eigenvalue weighted by molar-refractivity contribution is 0.181. The highest BCUT2D eigenvalue weighted by Crippen LogP contribution is 2.03. The van der Waals surface area contributed by atoms with Crippen molar-refractivity contribution in [3.8, 4) is 0 Å². The smallest absolute Gasteiger partial charge is 0.0565 e. The molecule has 1 heterocycles. The van der Waals surface area contributed by atoms with Gasteiger partial charge in [-0.05, 0) is 25.5 Å². The average Bonchev–Trinajstić information content (AvgIpc) is 1.98. The highest BCUT2D eigenvalue weighted by molar-refractivity contribution is 5.17. The number of rotatable bonds is 0. The van der Waals surface area contributed by atoms with Gasteiger partial charge in [-0.25, -0.2) is 0 Å². The molecule has 0 fully saturated rings. The van der Waals surface area contributed by atoms with Crippen molar-refractivity contribution in [2.45, 2.75) is 13.8 Å². The third-order valence-corrected chi connectivity index (χ3v) is 1.38. The Morgan fingerprint density at radius 3 is 2.25 bits per heavy atom. The first-order chi connectivity index (χ1) is 3.72. The topological polar surface area (TPSA) is 25.2 Å². The van der Waals surface area contributed by atoms with E-state index < -0.39 is 0 Å². The van der Waals surface area contributed by atoms with Crippen molar-refractivity contribution in [1.29, 1.82) is 0 Å². The van der Waals surface area contributed by atoms with E-state index in [1.807, 2.05) is 19.9 Å². The van der Waals surface area contributed by atoms with Crippen molar-refractivity contribution in [1.82, 2.24) is 4.73 Å². The van der Waals surface area contributed by atoms with Crippen LogP contribution in [0.1, 0.15) is 11.3 Å². The molecular formula is C6H9NO. The predicted octanol–water partition coefficient (Wildman–Crippen LogP) is 1.34. The molecule has 0 saturated carbocycles. The van der Waals surface area contributed by atoms with Gasteiger partial charge in [0, 0.05) is 6.20 Å². The van der Waals surface area contributed by atoms with E-state index in [2.05, 4.69) is 0 Å². The van der Waals surface area contributed by atoms with Crippen molar-refractivity contribution in [2.75, 3.05) is 0 Å². The lowest BCUT2D eigenvalue weighted by Crippen LogP contribution is -1.89. The first-order valence-electron chi connectivity index (χ1n) is 2.55. The fourth-order valence-electron chi connectivity index (χ4n) is 0.595. The van der Waals surface area contributed by atoms with E-state index in [1.54, 1.807) is 6.20 Å². The van der Waals surface area contributed by atoms with Gasteiger partial charge in [-0.2, -0.15) is 4.73 Å². The maximum atomic E-state index is 8.86. The predicted molar refractivity (Wildman–Crippen MR) is 31.1 cm³/mol. The first kappa shape index (κ1) is 5.22. The maximum absolute atomic E-state index is 8.86. The van der Waals surface area contributed by atoms with Gasteiger partial charge < -0.3 is 5.21 Å². The summed E-state index contributed by atoms with van der Waals surface area (Å²) in [5.41, 5.74) is 2.03. The van der Waals surface area contributed by atoms with Gasteiger partial charge in [-0.3, -0.25) is 0 Å². The number of aryl methyl sites for hydroxylation is 1. The van der Waals surface area contributed by atoms with Gasteiger partial charge in [-0.15, -0.1) is 0 Å². The molecule has 0 aliphatic heterocycles. The van der Waals surface area contributed by atoms with Crippen LogP contribution in [-0.4, -0.2) is 9.94 Å². The molecule has 1 N–H and O–H groups in total. The van der Waals surface area contributed by atoms with Gasteiger partial charge in [-0.1, -0.05) is 0 Å². The molecule has 0 aromatic carbocycles. The van der Waals surface area contributed by atoms with Gasteiger partial charge in [0.1, 0.15) is 0 Å². The van der Waals surface area contributed by atoms with Crippen molar-refractivity contribution < 1.29 is 5.21 Å². The van der Waals surface area contributed by atoms with Gasteiger partial charge in [0.2, 0.25) is 0 Å². The minimum atomic E-state index is 0.907. The summed E-state index contributed by atoms with van der Waals surface area (Å²) in [5.74, 6) is 0. The average molecular weight is 111 g/mol. The van der Waals surface area contributed by atoms with Crippen LogP contribution in [0.4, 0.5) is 0 Å². The van der Waals surface area contributed by atoms with Gasteiger partial charge in [0.05, 0.1) is 5.69 Å². The quantitative estimate of drug-likeness (QED) is 0.502. The second-order valence-electron chi connectivity index (χ2n) is 1.93. The molecule has 0 atom stereocenters. The normalized spacial score (nSPS) is 9.75. The van der Waals surface area contributed by atoms with Gasteiger partial charge in [0.25, 0.3) is 0 Å². The Morgan fingerprint density at radius 2 is 2.12 bits per heavy atom. The van der Waals surface area contributed by atoms with E-state index in [4.69, 9.17) is 5.21 Å². The molecule has 1 aromatic heterocycles. The highest BCUT2D eigenvalue weighted by Gasteiger charge is 1.94. The fourth-order valence-corrected chi connectivity index (χ4v) is 0.595. The van der Waals surface area contributed by atoms with Crippen LogP contribution in [0.15, 0.2) is 12.3 Å². The Balaban J connectivity index is 3.19. The lowest BCUT2D eigenvalue weighted by Gasteiger charge is -1.92. The van der Waals surface area contributed by atoms with Crippen LogP contribution in [0.3, 0.4) is 0 Å². The summed E-state index contributed by atoms with van der Waals surface area (Å²) in [6.45, 7) is 3.83. The van der Waals surface area contributed by atoms with E-state index in [0.717, 1.165) is 16.0 Å². The summed E-state index contributed by atoms with van der Waals surface area (Å²) in [6, 6.07) is 1.87. The largest absolute Gasteiger partial charge is 0.429 e. The maximum Gasteiger partial charge on any atom is 0.0565 e. The monoisotopic (exact) mass is 111 g/mol. The standard InChI is InChI=1S/C6H9NO/c1-5-3-4-7(8)6(5)2/h3-4,8H,1-2H3. The van der Waals surface area contributed by atoms with Crippen LogP contribution in [0.2, 0.25) is 0 Å². The molecule has 44 valence electrons. The minimum absolute atomic E-state index is 0.907. The van der Waals surface area contributed by atoms with E-state index in [0.29, 0.717) is 0 Å². The summed E-state index contributed by atoms with van der Waals surface area (Å²) < 4.78 is 1.12. The van der Waals surface area contributed by atoms with Crippen LogP contribution >= 0.6 is 0 Å². The number of hydrogen-bond acceptors (Lipinski definition) is 1. The zero-order chi connectivity index (χ0) is 6.15. The lowest BCUT2D eigenvalue weighted by atomic mass is 10.3. The molecule has 0 bridgehead atoms. The number of aromatic nitrogens is 1. The highest BCUT2D eigenvalue weighted by atomic mass is 16.5. The molecule has 8 heavy (non-hydrogen) atoms. The zero-order valence-corrected chi connectivity index (χ0v) is 5.05. The number of hydrogen-bond donors (Lipinski definition) is 1. The second-order valence-corrected chi connectivity index (χ2v) is 1.93. The van der Waals surface area contributed by atoms with Crippen LogP contribution in [0.25, 0.3) is 0 Å². The van der Waals surface area contributed by atoms with E-state index in [9.17, 15) is 0 Å². The molecule has 0 amide bonds. The van der Waals surface area contributed by atoms with Crippen molar-refractivity contribution >= 4 is 0 Å². The fraction of sp³-hybridized carbons (Fsp3) is 0.333. The molecule has 0 aliphatic carbocycles. The Bertz CT molecular complexity index is 171. The van der Waals surface area contributed by atoms with E-state index in [1.165, 1.54) is 0 Å². The summed E-state index contributed by atoms with van der Waals surface area (Å²) in [5, 5.41) is 8.86. The molecule has 0 spiro atoms. The SMILES string of the molecule is Cc1ccn(O)c1C. The summed E-state index contributed by atoms with van der Waals surface area (Å²) >= 11 is 0. The molecular weight excluding hydrogens is 102 g/mol. The minimum Gasteiger partial charge on any atom is -0.429 e. The summed E-state index contributed by atoms with van der Waals surface area (Å²) in [4.78, 5) is 0. The number of nitrogens with zero attached hydrogens (tertiary/aromatic N) is 1. The molecule has 2 heteroatoms. The second kappa shape index (κ2) is 1.54. The summed E-state index contributed by atoms with van der Waals surface area (Å²) in [7, 11) is 0. The Morgan fingerprint density at radius 1 is 1.50 bits per heavy atom. The van der Waals surface area contributed by atoms with Crippen LogP contribution in [0, 0.1) is 13.8 Å². The molecule has 0 saturated heterocycles. The Kier molecular flexibility index (Phi) is 1.01. The molecule has 0 radical (unpaired) electrons. The van der Waals surface area contributed by atoms with Crippen molar-refractivity contribution in [2.24, 2.45) is 0 Å². The zero-order valence-electron chi connectivity index (χ0n) is 5.05. The van der Waals surface area contributed by atoms with Gasteiger partial charge in [0.15, 0.2) is 0 Å². The first-order valence-corrected chi connectivity index (χ1v) is 2.55. The van der Waals surface area contributed by atoms with Crippen molar-refractivity contribution in [3.05, 3.63) is 23.5 Å². The third kappa shape index (κ3) is 0.579. The van der Waals surface area contributed by atoms with Crippen molar-refractivity contribution in [3.63, 3.8) is 0 Å². The summed E-state index contributed by atoms with van der Waals surface area (Å²) in [6.07, 6.45) is 1.63. The van der Waals surface area contributed by atoms with Crippen LogP contribution in [0.5, 0.6) is 0 Å². The molecule has 2 nitrogen and oxygen atoms in total. The molecule has 1 aromatic rings. The third-order valence-electron chi connectivity index (χ3n) is 1.38. The Labute approximate surface area is 48.3 Å². The van der Waals surface area contributed by atoms with Crippen LogP contribution in [-0.2, 0) is 0 Å². The molecule has 0 unspecified atom stereocenters. The Hall–Kier alpha value is -0.920. The van der Waals surface area contributed by atoms with E-state index >= 15 is 0 Å². The van der Waals surface area contributed by atoms with E-state index in [-0.39, 0.29) is 0 Å². The van der Waals surface area contributed by atoms with Crippen LogP contribution < -0.4 is 0 Å².